The SMILES string of the molecule is CSCCC(NC(=O)C(CC(C)C)NC(=O)CNC(=O)C(Cc1ccccc1)NC(=O)C(N)Cc1ccccc1)C(=O)NCC(=O)NC(CCCCN)C(=O)O. The lowest BCUT2D eigenvalue weighted by molar-refractivity contribution is -0.142. The molecule has 17 heteroatoms. The van der Waals surface area contributed by atoms with Gasteiger partial charge in [0, 0.05) is 6.42 Å². The summed E-state index contributed by atoms with van der Waals surface area (Å²) in [4.78, 5) is 90.4. The molecule has 0 saturated carbocycles. The van der Waals surface area contributed by atoms with Gasteiger partial charge >= 0.3 is 5.97 Å². The number of hydrogen-bond acceptors (Lipinski definition) is 10. The Morgan fingerprint density at radius 2 is 1.16 bits per heavy atom. The number of benzene rings is 2. The van der Waals surface area contributed by atoms with Crippen LogP contribution in [-0.2, 0) is 46.4 Å². The van der Waals surface area contributed by atoms with Gasteiger partial charge in [0.2, 0.25) is 35.4 Å². The molecule has 0 bridgehead atoms. The summed E-state index contributed by atoms with van der Waals surface area (Å²) in [7, 11) is 0. The Kier molecular flexibility index (Phi) is 21.9. The number of hydrogen-bond donors (Lipinski definition) is 9. The molecule has 56 heavy (non-hydrogen) atoms. The Bertz CT molecular complexity index is 1570. The van der Waals surface area contributed by atoms with Crippen LogP contribution in [0, 0.1) is 5.92 Å². The first-order chi connectivity index (χ1) is 26.7. The van der Waals surface area contributed by atoms with Crippen LogP contribution in [-0.4, -0.2) is 108 Å². The zero-order valence-electron chi connectivity index (χ0n) is 32.4. The van der Waals surface area contributed by atoms with Crippen molar-refractivity contribution in [2.75, 3.05) is 31.6 Å². The molecule has 0 aliphatic rings. The van der Waals surface area contributed by atoms with Crippen LogP contribution in [0.2, 0.25) is 0 Å². The van der Waals surface area contributed by atoms with Gasteiger partial charge in [0.05, 0.1) is 19.1 Å². The predicted molar refractivity (Wildman–Crippen MR) is 215 cm³/mol. The minimum absolute atomic E-state index is 0.0552. The Hall–Kier alpha value is -5.00. The molecule has 2 aromatic carbocycles. The number of aliphatic carboxylic acids is 1. The Balaban J connectivity index is 2.05. The maximum atomic E-state index is 13.5. The topological polar surface area (TPSA) is 264 Å². The first-order valence-electron chi connectivity index (χ1n) is 18.7. The predicted octanol–water partition coefficient (Wildman–Crippen LogP) is -0.0165. The summed E-state index contributed by atoms with van der Waals surface area (Å²) in [5.74, 6) is -4.62. The molecule has 0 aliphatic carbocycles. The van der Waals surface area contributed by atoms with E-state index in [1.165, 1.54) is 11.8 Å². The van der Waals surface area contributed by atoms with Gasteiger partial charge in [-0.2, -0.15) is 11.8 Å². The van der Waals surface area contributed by atoms with Gasteiger partial charge < -0.3 is 48.5 Å². The van der Waals surface area contributed by atoms with E-state index in [2.05, 4.69) is 31.9 Å². The van der Waals surface area contributed by atoms with E-state index in [0.717, 1.165) is 11.1 Å². The van der Waals surface area contributed by atoms with Crippen LogP contribution in [0.3, 0.4) is 0 Å². The number of carboxylic acids is 1. The minimum atomic E-state index is -1.21. The number of nitrogens with two attached hydrogens (primary N) is 2. The summed E-state index contributed by atoms with van der Waals surface area (Å²) < 4.78 is 0. The van der Waals surface area contributed by atoms with Crippen molar-refractivity contribution < 1.29 is 38.7 Å². The molecule has 0 spiro atoms. The smallest absolute Gasteiger partial charge is 0.326 e. The summed E-state index contributed by atoms with van der Waals surface area (Å²) in [5.41, 5.74) is 13.3. The number of carbonyl (C=O) groups is 7. The zero-order valence-corrected chi connectivity index (χ0v) is 33.2. The number of unbranched alkanes of at least 4 members (excludes halogenated alkanes) is 1. The fourth-order valence-electron chi connectivity index (χ4n) is 5.60. The molecule has 2 aromatic rings. The molecule has 0 aromatic heterocycles. The van der Waals surface area contributed by atoms with Crippen LogP contribution in [0.5, 0.6) is 0 Å². The monoisotopic (exact) mass is 798 g/mol. The van der Waals surface area contributed by atoms with Crippen molar-refractivity contribution in [3.8, 4) is 0 Å². The second kappa shape index (κ2) is 26.0. The highest BCUT2D eigenvalue weighted by atomic mass is 32.2. The maximum Gasteiger partial charge on any atom is 0.326 e. The van der Waals surface area contributed by atoms with E-state index in [-0.39, 0.29) is 38.0 Å². The molecular weight excluding hydrogens is 741 g/mol. The molecule has 5 atom stereocenters. The van der Waals surface area contributed by atoms with Crippen molar-refractivity contribution >= 4 is 53.2 Å². The molecule has 0 aliphatic heterocycles. The summed E-state index contributed by atoms with van der Waals surface area (Å²) in [5, 5.41) is 24.9. The van der Waals surface area contributed by atoms with Crippen molar-refractivity contribution in [3.63, 3.8) is 0 Å². The normalized spacial score (nSPS) is 13.6. The highest BCUT2D eigenvalue weighted by Gasteiger charge is 2.29. The fraction of sp³-hybridized carbons (Fsp3) is 0.513. The van der Waals surface area contributed by atoms with E-state index in [0.29, 0.717) is 25.1 Å². The lowest BCUT2D eigenvalue weighted by Crippen LogP contribution is -2.57. The van der Waals surface area contributed by atoms with Crippen molar-refractivity contribution in [3.05, 3.63) is 71.8 Å². The van der Waals surface area contributed by atoms with Crippen LogP contribution < -0.4 is 43.4 Å². The quantitative estimate of drug-likeness (QED) is 0.0572. The van der Waals surface area contributed by atoms with E-state index >= 15 is 0 Å². The minimum Gasteiger partial charge on any atom is -0.480 e. The van der Waals surface area contributed by atoms with E-state index in [4.69, 9.17) is 11.5 Å². The third-order valence-electron chi connectivity index (χ3n) is 8.58. The first kappa shape index (κ1) is 47.2. The molecule has 0 heterocycles. The number of nitrogens with one attached hydrogen (secondary N) is 6. The lowest BCUT2D eigenvalue weighted by Gasteiger charge is -2.25. The van der Waals surface area contributed by atoms with Crippen LogP contribution in [0.25, 0.3) is 0 Å². The average molecular weight is 799 g/mol. The number of thioether (sulfide) groups is 1. The van der Waals surface area contributed by atoms with Crippen LogP contribution in [0.15, 0.2) is 60.7 Å². The van der Waals surface area contributed by atoms with E-state index < -0.39 is 84.7 Å². The third-order valence-corrected chi connectivity index (χ3v) is 9.22. The second-order valence-corrected chi connectivity index (χ2v) is 14.8. The van der Waals surface area contributed by atoms with E-state index in [9.17, 15) is 38.7 Å². The number of carbonyl (C=O) groups excluding carboxylic acids is 6. The highest BCUT2D eigenvalue weighted by Crippen LogP contribution is 2.09. The largest absolute Gasteiger partial charge is 0.480 e. The van der Waals surface area contributed by atoms with Crippen molar-refractivity contribution in [1.29, 1.82) is 0 Å². The van der Waals surface area contributed by atoms with Gasteiger partial charge in [-0.05, 0) is 74.1 Å². The number of rotatable bonds is 26. The van der Waals surface area contributed by atoms with Crippen molar-refractivity contribution in [1.82, 2.24) is 31.9 Å². The molecule has 6 amide bonds. The number of carboxylic acid groups (broad SMARTS) is 1. The molecule has 2 rings (SSSR count). The van der Waals surface area contributed by atoms with Crippen LogP contribution >= 0.6 is 11.8 Å². The molecule has 5 unspecified atom stereocenters. The zero-order chi connectivity index (χ0) is 41.5. The second-order valence-electron chi connectivity index (χ2n) is 13.8. The molecule has 0 radical (unpaired) electrons. The van der Waals surface area contributed by atoms with Crippen molar-refractivity contribution in [2.24, 2.45) is 17.4 Å². The molecule has 308 valence electrons. The molecule has 11 N–H and O–H groups in total. The highest BCUT2D eigenvalue weighted by molar-refractivity contribution is 7.98. The average Bonchev–Trinajstić information content (AvgIpc) is 3.17. The van der Waals surface area contributed by atoms with Crippen LogP contribution in [0.4, 0.5) is 0 Å². The van der Waals surface area contributed by atoms with Gasteiger partial charge in [0.1, 0.15) is 24.2 Å². The van der Waals surface area contributed by atoms with Gasteiger partial charge in [-0.3, -0.25) is 28.8 Å². The molecule has 0 fully saturated rings. The summed E-state index contributed by atoms with van der Waals surface area (Å²) >= 11 is 1.44. The summed E-state index contributed by atoms with van der Waals surface area (Å²) in [6.45, 7) is 3.07. The standard InChI is InChI=1S/C39H58N8O8S/c1-25(2)20-31(38(53)46-29(17-19-56-3)36(51)42-23-33(48)44-30(39(54)55)16-10-11-18-40)45-34(49)24-43-37(52)32(22-27-14-8-5-9-15-27)47-35(50)28(41)21-26-12-6-4-7-13-26/h4-9,12-15,25,28-32H,10-11,16-24,40-41H2,1-3H3,(H,42,51)(H,43,52)(H,44,48)(H,45,49)(H,46,53)(H,47,50)(H,54,55). The van der Waals surface area contributed by atoms with Gasteiger partial charge in [0.25, 0.3) is 0 Å². The van der Waals surface area contributed by atoms with E-state index in [1.807, 2.05) is 56.5 Å². The van der Waals surface area contributed by atoms with Gasteiger partial charge in [-0.1, -0.05) is 74.5 Å². The third kappa shape index (κ3) is 18.6. The molecule has 16 nitrogen and oxygen atoms in total. The lowest BCUT2D eigenvalue weighted by atomic mass is 10.0. The maximum absolute atomic E-state index is 13.5. The van der Waals surface area contributed by atoms with Gasteiger partial charge in [-0.15, -0.1) is 0 Å². The van der Waals surface area contributed by atoms with Gasteiger partial charge in [-0.25, -0.2) is 4.79 Å². The Morgan fingerprint density at radius 1 is 0.643 bits per heavy atom. The summed E-state index contributed by atoms with van der Waals surface area (Å²) in [6.07, 6.45) is 3.91. The first-order valence-corrected chi connectivity index (χ1v) is 20.1. The van der Waals surface area contributed by atoms with Crippen molar-refractivity contribution in [2.45, 2.75) is 89.0 Å². The Morgan fingerprint density at radius 3 is 1.68 bits per heavy atom. The number of amides is 6. The molecule has 0 saturated heterocycles. The fourth-order valence-corrected chi connectivity index (χ4v) is 6.07. The Labute approximate surface area is 332 Å². The summed E-state index contributed by atoms with van der Waals surface area (Å²) in [6, 6.07) is 13.0. The van der Waals surface area contributed by atoms with Crippen LogP contribution in [0.1, 0.15) is 57.1 Å². The van der Waals surface area contributed by atoms with Gasteiger partial charge in [0.15, 0.2) is 0 Å². The van der Waals surface area contributed by atoms with E-state index in [1.54, 1.807) is 24.3 Å². The molecular formula is C39H58N8O8S.